The maximum atomic E-state index is 13.1. The number of benzene rings is 3. The van der Waals surface area contributed by atoms with Crippen molar-refractivity contribution in [1.82, 2.24) is 14.9 Å². The van der Waals surface area contributed by atoms with Crippen molar-refractivity contribution >= 4 is 27.5 Å². The molecule has 2 heterocycles. The van der Waals surface area contributed by atoms with Gasteiger partial charge in [-0.15, -0.1) is 0 Å². The smallest absolute Gasteiger partial charge is 0.407 e. The molecule has 0 spiro atoms. The number of rotatable bonds is 7. The maximum Gasteiger partial charge on any atom is 0.407 e. The molecule has 0 aliphatic carbocycles. The molecule has 5 rings (SSSR count). The molecule has 0 radical (unpaired) electrons. The zero-order valence-electron chi connectivity index (χ0n) is 20.9. The first kappa shape index (κ1) is 25.3. The lowest BCUT2D eigenvalue weighted by Gasteiger charge is -2.31. The number of anilines is 2. The standard InChI is InChI=1S/C28H29N5O4S/c1-20-7-11-26(12-8-20)38(36,37)31-23-10-9-22-16-33(28(34)35)25(13-21-5-3-2-4-6-21)18-32(27(22)14-23)17-24-15-29-19-30-24/h2-12,14-15,19,25,31H,13,16-18H2,1H3,(H,29,30)(H,34,35). The van der Waals surface area contributed by atoms with Crippen LogP contribution in [0.4, 0.5) is 16.2 Å². The molecule has 0 saturated heterocycles. The van der Waals surface area contributed by atoms with Gasteiger partial charge in [-0.2, -0.15) is 0 Å². The summed E-state index contributed by atoms with van der Waals surface area (Å²) >= 11 is 0. The topological polar surface area (TPSA) is 119 Å². The van der Waals surface area contributed by atoms with Gasteiger partial charge in [-0.3, -0.25) is 9.62 Å². The Labute approximate surface area is 221 Å². The van der Waals surface area contributed by atoms with Crippen molar-refractivity contribution in [3.63, 3.8) is 0 Å². The zero-order chi connectivity index (χ0) is 26.7. The summed E-state index contributed by atoms with van der Waals surface area (Å²) in [6.07, 6.45) is 2.95. The number of amides is 1. The van der Waals surface area contributed by atoms with Gasteiger partial charge in [0, 0.05) is 18.4 Å². The van der Waals surface area contributed by atoms with Crippen molar-refractivity contribution in [1.29, 1.82) is 0 Å². The number of imidazole rings is 1. The third kappa shape index (κ3) is 5.65. The van der Waals surface area contributed by atoms with Gasteiger partial charge < -0.3 is 15.0 Å². The number of aromatic nitrogens is 2. The van der Waals surface area contributed by atoms with Crippen LogP contribution < -0.4 is 9.62 Å². The summed E-state index contributed by atoms with van der Waals surface area (Å²) in [5.74, 6) is 0. The van der Waals surface area contributed by atoms with Gasteiger partial charge in [0.05, 0.1) is 41.7 Å². The molecule has 0 bridgehead atoms. The maximum absolute atomic E-state index is 13.1. The van der Waals surface area contributed by atoms with Crippen LogP contribution in [0.5, 0.6) is 0 Å². The molecule has 1 atom stereocenters. The van der Waals surface area contributed by atoms with E-state index in [2.05, 4.69) is 19.6 Å². The second-order valence-corrected chi connectivity index (χ2v) is 11.1. The first-order chi connectivity index (χ1) is 18.3. The number of hydrogen-bond acceptors (Lipinski definition) is 5. The monoisotopic (exact) mass is 531 g/mol. The second-order valence-electron chi connectivity index (χ2n) is 9.46. The highest BCUT2D eigenvalue weighted by Crippen LogP contribution is 2.33. The molecular weight excluding hydrogens is 502 g/mol. The highest BCUT2D eigenvalue weighted by molar-refractivity contribution is 7.92. The van der Waals surface area contributed by atoms with Gasteiger partial charge in [-0.05, 0) is 48.7 Å². The quantitative estimate of drug-likeness (QED) is 0.320. The van der Waals surface area contributed by atoms with E-state index in [1.54, 1.807) is 55.0 Å². The van der Waals surface area contributed by atoms with Crippen LogP contribution in [-0.2, 0) is 29.5 Å². The summed E-state index contributed by atoms with van der Waals surface area (Å²) in [5, 5.41) is 10.1. The van der Waals surface area contributed by atoms with Crippen molar-refractivity contribution < 1.29 is 18.3 Å². The number of nitrogens with one attached hydrogen (secondary N) is 2. The van der Waals surface area contributed by atoms with Crippen LogP contribution in [0.25, 0.3) is 0 Å². The van der Waals surface area contributed by atoms with Crippen LogP contribution in [0, 0.1) is 6.92 Å². The summed E-state index contributed by atoms with van der Waals surface area (Å²) in [5.41, 5.74) is 4.76. The molecule has 0 fully saturated rings. The summed E-state index contributed by atoms with van der Waals surface area (Å²) in [6.45, 7) is 2.93. The number of nitrogens with zero attached hydrogens (tertiary/aromatic N) is 3. The summed E-state index contributed by atoms with van der Waals surface area (Å²) < 4.78 is 28.8. The van der Waals surface area contributed by atoms with Crippen molar-refractivity contribution in [2.24, 2.45) is 0 Å². The second kappa shape index (κ2) is 10.6. The molecule has 3 N–H and O–H groups in total. The van der Waals surface area contributed by atoms with E-state index < -0.39 is 16.1 Å². The first-order valence-corrected chi connectivity index (χ1v) is 13.8. The Hall–Kier alpha value is -4.31. The van der Waals surface area contributed by atoms with Gasteiger partial charge in [0.2, 0.25) is 0 Å². The Bertz CT molecular complexity index is 1510. The fraction of sp³-hybridized carbons (Fsp3) is 0.214. The minimum atomic E-state index is -3.80. The van der Waals surface area contributed by atoms with E-state index in [0.717, 1.165) is 28.1 Å². The number of sulfonamides is 1. The Balaban J connectivity index is 1.51. The van der Waals surface area contributed by atoms with E-state index in [1.165, 1.54) is 4.90 Å². The Morgan fingerprint density at radius 1 is 1.11 bits per heavy atom. The highest BCUT2D eigenvalue weighted by Gasteiger charge is 2.32. The molecule has 10 heteroatoms. The van der Waals surface area contributed by atoms with Gasteiger partial charge in [0.25, 0.3) is 10.0 Å². The first-order valence-electron chi connectivity index (χ1n) is 12.3. The number of aryl methyl sites for hydroxylation is 1. The average Bonchev–Trinajstić information content (AvgIpc) is 3.35. The summed E-state index contributed by atoms with van der Waals surface area (Å²) in [7, 11) is -3.80. The van der Waals surface area contributed by atoms with Crippen molar-refractivity contribution in [3.8, 4) is 0 Å². The van der Waals surface area contributed by atoms with Gasteiger partial charge in [-0.1, -0.05) is 54.1 Å². The normalized spacial score (nSPS) is 15.6. The third-order valence-corrected chi connectivity index (χ3v) is 8.09. The predicted molar refractivity (Wildman–Crippen MR) is 146 cm³/mol. The molecule has 38 heavy (non-hydrogen) atoms. The van der Waals surface area contributed by atoms with E-state index in [0.29, 0.717) is 25.2 Å². The van der Waals surface area contributed by atoms with Crippen molar-refractivity contribution in [2.45, 2.75) is 37.4 Å². The molecule has 1 aliphatic rings. The lowest BCUT2D eigenvalue weighted by molar-refractivity contribution is 0.123. The number of carboxylic acid groups (broad SMARTS) is 1. The van der Waals surface area contributed by atoms with Gasteiger partial charge >= 0.3 is 6.09 Å². The van der Waals surface area contributed by atoms with E-state index in [9.17, 15) is 18.3 Å². The fourth-order valence-electron chi connectivity index (χ4n) is 4.76. The third-order valence-electron chi connectivity index (χ3n) is 6.69. The lowest BCUT2D eigenvalue weighted by atomic mass is 10.0. The van der Waals surface area contributed by atoms with Crippen LogP contribution >= 0.6 is 0 Å². The van der Waals surface area contributed by atoms with Crippen LogP contribution in [0.15, 0.2) is 90.2 Å². The van der Waals surface area contributed by atoms with E-state index >= 15 is 0 Å². The summed E-state index contributed by atoms with van der Waals surface area (Å²) in [4.78, 5) is 23.4. The lowest BCUT2D eigenvalue weighted by Crippen LogP contribution is -2.45. The van der Waals surface area contributed by atoms with Crippen LogP contribution in [0.1, 0.15) is 22.4 Å². The molecule has 0 saturated carbocycles. The number of hydrogen-bond donors (Lipinski definition) is 3. The Kier molecular flexibility index (Phi) is 7.06. The number of aromatic amines is 1. The molecule has 3 aromatic carbocycles. The molecule has 9 nitrogen and oxygen atoms in total. The number of H-pyrrole nitrogens is 1. The fourth-order valence-corrected chi connectivity index (χ4v) is 5.81. The minimum absolute atomic E-state index is 0.173. The summed E-state index contributed by atoms with van der Waals surface area (Å²) in [6, 6.07) is 21.4. The highest BCUT2D eigenvalue weighted by atomic mass is 32.2. The van der Waals surface area contributed by atoms with E-state index in [4.69, 9.17) is 0 Å². The Morgan fingerprint density at radius 3 is 2.55 bits per heavy atom. The van der Waals surface area contributed by atoms with Crippen LogP contribution in [0.2, 0.25) is 0 Å². The Morgan fingerprint density at radius 2 is 1.87 bits per heavy atom. The van der Waals surface area contributed by atoms with Crippen LogP contribution in [0.3, 0.4) is 0 Å². The molecule has 196 valence electrons. The average molecular weight is 532 g/mol. The molecular formula is C28H29N5O4S. The van der Waals surface area contributed by atoms with Crippen molar-refractivity contribution in [2.75, 3.05) is 16.2 Å². The molecule has 1 aromatic heterocycles. The zero-order valence-corrected chi connectivity index (χ0v) is 21.7. The molecule has 1 aliphatic heterocycles. The van der Waals surface area contributed by atoms with Gasteiger partial charge in [-0.25, -0.2) is 18.2 Å². The molecule has 1 amide bonds. The van der Waals surface area contributed by atoms with E-state index in [1.807, 2.05) is 37.3 Å². The van der Waals surface area contributed by atoms with Gasteiger partial charge in [0.1, 0.15) is 0 Å². The SMILES string of the molecule is Cc1ccc(S(=O)(=O)Nc2ccc3c(c2)N(Cc2c[nH]cn2)CC(Cc2ccccc2)N(C(=O)O)C3)cc1. The molecule has 4 aromatic rings. The largest absolute Gasteiger partial charge is 0.465 e. The number of fused-ring (bicyclic) bond motifs is 1. The van der Waals surface area contributed by atoms with Gasteiger partial charge in [0.15, 0.2) is 0 Å². The van der Waals surface area contributed by atoms with Crippen molar-refractivity contribution in [3.05, 3.63) is 108 Å². The van der Waals surface area contributed by atoms with E-state index in [-0.39, 0.29) is 17.5 Å². The minimum Gasteiger partial charge on any atom is -0.465 e. The number of carbonyl (C=O) groups is 1. The molecule has 1 unspecified atom stereocenters. The van der Waals surface area contributed by atoms with Crippen LogP contribution in [-0.4, -0.2) is 47.1 Å². The predicted octanol–water partition coefficient (Wildman–Crippen LogP) is 4.63.